The molecule has 1 heterocycles. The molecular formula is C17H22ClNO3. The topological polar surface area (TPSA) is 47.6 Å². The number of carbonyl (C=O) groups is 1. The standard InChI is InChI=1S/C17H21NO3.ClH/c1-20-15-9-12-8-13(7-11-3-5-18-6-4-11)17(19)14(12)10-16(15)21-2;/h8-11,18H,3-7H2,1-2H3;1H. The van der Waals surface area contributed by atoms with Gasteiger partial charge in [-0.05, 0) is 62.0 Å². The second-order valence-corrected chi connectivity index (χ2v) is 5.69. The Hall–Kier alpha value is -1.52. The summed E-state index contributed by atoms with van der Waals surface area (Å²) < 4.78 is 10.6. The van der Waals surface area contributed by atoms with E-state index in [-0.39, 0.29) is 18.2 Å². The van der Waals surface area contributed by atoms with Gasteiger partial charge in [0.05, 0.1) is 14.2 Å². The van der Waals surface area contributed by atoms with E-state index in [1.165, 1.54) is 0 Å². The van der Waals surface area contributed by atoms with E-state index >= 15 is 0 Å². The lowest BCUT2D eigenvalue weighted by Crippen LogP contribution is -2.28. The first-order valence-corrected chi connectivity index (χ1v) is 7.45. The van der Waals surface area contributed by atoms with Crippen LogP contribution in [0.3, 0.4) is 0 Å². The highest BCUT2D eigenvalue weighted by Gasteiger charge is 2.27. The van der Waals surface area contributed by atoms with Gasteiger partial charge in [-0.25, -0.2) is 0 Å². The maximum absolute atomic E-state index is 12.6. The maximum atomic E-state index is 12.6. The van der Waals surface area contributed by atoms with Crippen molar-refractivity contribution in [2.75, 3.05) is 27.3 Å². The number of Topliss-reactive ketones (excluding diaryl/α,β-unsaturated/α-hetero) is 1. The second kappa shape index (κ2) is 7.16. The van der Waals surface area contributed by atoms with E-state index < -0.39 is 0 Å². The quantitative estimate of drug-likeness (QED) is 0.925. The molecule has 0 spiro atoms. The third kappa shape index (κ3) is 3.13. The largest absolute Gasteiger partial charge is 0.493 e. The molecule has 2 aliphatic rings. The van der Waals surface area contributed by atoms with Crippen LogP contribution in [0.4, 0.5) is 0 Å². The smallest absolute Gasteiger partial charge is 0.189 e. The molecule has 0 aromatic heterocycles. The van der Waals surface area contributed by atoms with Crippen LogP contribution in [0.5, 0.6) is 11.5 Å². The van der Waals surface area contributed by atoms with E-state index in [1.807, 2.05) is 12.1 Å². The highest BCUT2D eigenvalue weighted by Crippen LogP contribution is 2.38. The minimum absolute atomic E-state index is 0. The van der Waals surface area contributed by atoms with Crippen molar-refractivity contribution in [3.8, 4) is 11.5 Å². The highest BCUT2D eigenvalue weighted by molar-refractivity contribution is 6.18. The number of halogens is 1. The number of methoxy groups -OCH3 is 2. The van der Waals surface area contributed by atoms with Gasteiger partial charge in [-0.15, -0.1) is 12.4 Å². The van der Waals surface area contributed by atoms with E-state index in [2.05, 4.69) is 5.32 Å². The number of nitrogens with one attached hydrogen (secondary N) is 1. The third-order valence-electron chi connectivity index (χ3n) is 4.39. The van der Waals surface area contributed by atoms with Crippen LogP contribution in [0.1, 0.15) is 35.2 Å². The number of allylic oxidation sites excluding steroid dienone is 1. The number of rotatable bonds is 4. The SMILES string of the molecule is COc1cc2c(cc1OC)C(=O)C(CC1CCNCC1)=C2.Cl. The van der Waals surface area contributed by atoms with Gasteiger partial charge in [0.25, 0.3) is 0 Å². The van der Waals surface area contributed by atoms with Gasteiger partial charge >= 0.3 is 0 Å². The molecule has 22 heavy (non-hydrogen) atoms. The number of benzene rings is 1. The number of hydrogen-bond donors (Lipinski definition) is 1. The molecule has 0 unspecified atom stereocenters. The van der Waals surface area contributed by atoms with E-state index in [9.17, 15) is 4.79 Å². The Bertz CT molecular complexity index is 592. The predicted molar refractivity (Wildman–Crippen MR) is 89.3 cm³/mol. The van der Waals surface area contributed by atoms with Crippen LogP contribution in [0, 0.1) is 5.92 Å². The summed E-state index contributed by atoms with van der Waals surface area (Å²) in [5, 5.41) is 3.36. The first-order chi connectivity index (χ1) is 10.2. The lowest BCUT2D eigenvalue weighted by molar-refractivity contribution is 0.103. The monoisotopic (exact) mass is 323 g/mol. The Morgan fingerprint density at radius 2 is 1.77 bits per heavy atom. The number of piperidine rings is 1. The van der Waals surface area contributed by atoms with Crippen LogP contribution in [0.2, 0.25) is 0 Å². The third-order valence-corrected chi connectivity index (χ3v) is 4.39. The second-order valence-electron chi connectivity index (χ2n) is 5.69. The van der Waals surface area contributed by atoms with Gasteiger partial charge in [-0.2, -0.15) is 0 Å². The Morgan fingerprint density at radius 1 is 1.14 bits per heavy atom. The number of carbonyl (C=O) groups excluding carboxylic acids is 1. The molecule has 1 aliphatic heterocycles. The molecule has 0 atom stereocenters. The van der Waals surface area contributed by atoms with Crippen molar-refractivity contribution in [2.24, 2.45) is 5.92 Å². The summed E-state index contributed by atoms with van der Waals surface area (Å²) in [6.07, 6.45) is 5.18. The number of fused-ring (bicyclic) bond motifs is 1. The zero-order valence-corrected chi connectivity index (χ0v) is 13.8. The predicted octanol–water partition coefficient (Wildman–Crippen LogP) is 3.10. The first-order valence-electron chi connectivity index (χ1n) is 7.45. The van der Waals surface area contributed by atoms with Crippen molar-refractivity contribution in [3.63, 3.8) is 0 Å². The fourth-order valence-electron chi connectivity index (χ4n) is 3.19. The highest BCUT2D eigenvalue weighted by atomic mass is 35.5. The fraction of sp³-hybridized carbons (Fsp3) is 0.471. The van der Waals surface area contributed by atoms with Crippen LogP contribution in [0.25, 0.3) is 6.08 Å². The van der Waals surface area contributed by atoms with Crippen molar-refractivity contribution in [1.29, 1.82) is 0 Å². The van der Waals surface area contributed by atoms with E-state index in [4.69, 9.17) is 9.47 Å². The van der Waals surface area contributed by atoms with Crippen LogP contribution in [0.15, 0.2) is 17.7 Å². The maximum Gasteiger partial charge on any atom is 0.189 e. The van der Waals surface area contributed by atoms with Crippen molar-refractivity contribution in [3.05, 3.63) is 28.8 Å². The van der Waals surface area contributed by atoms with Gasteiger partial charge in [0, 0.05) is 11.1 Å². The summed E-state index contributed by atoms with van der Waals surface area (Å²) in [5.74, 6) is 2.04. The number of hydrogen-bond acceptors (Lipinski definition) is 4. The average molecular weight is 324 g/mol. The van der Waals surface area contributed by atoms with Gasteiger partial charge < -0.3 is 14.8 Å². The summed E-state index contributed by atoms with van der Waals surface area (Å²) in [6.45, 7) is 2.11. The molecule has 1 aromatic carbocycles. The molecule has 1 N–H and O–H groups in total. The van der Waals surface area contributed by atoms with Gasteiger partial charge in [-0.1, -0.05) is 0 Å². The molecule has 4 nitrogen and oxygen atoms in total. The van der Waals surface area contributed by atoms with E-state index in [1.54, 1.807) is 20.3 Å². The summed E-state index contributed by atoms with van der Waals surface area (Å²) in [6, 6.07) is 3.68. The van der Waals surface area contributed by atoms with Gasteiger partial charge in [0.2, 0.25) is 0 Å². The van der Waals surface area contributed by atoms with Crippen molar-refractivity contribution in [2.45, 2.75) is 19.3 Å². The summed E-state index contributed by atoms with van der Waals surface area (Å²) in [5.41, 5.74) is 2.60. The zero-order chi connectivity index (χ0) is 14.8. The summed E-state index contributed by atoms with van der Waals surface area (Å²) >= 11 is 0. The lowest BCUT2D eigenvalue weighted by Gasteiger charge is -2.22. The Morgan fingerprint density at radius 3 is 2.41 bits per heavy atom. The molecule has 1 saturated heterocycles. The number of ketones is 1. The van der Waals surface area contributed by atoms with Crippen molar-refractivity contribution >= 4 is 24.3 Å². The summed E-state index contributed by atoms with van der Waals surface area (Å²) in [7, 11) is 3.20. The lowest BCUT2D eigenvalue weighted by atomic mass is 9.90. The van der Waals surface area contributed by atoms with Gasteiger partial charge in [0.15, 0.2) is 17.3 Å². The molecule has 5 heteroatoms. The first kappa shape index (κ1) is 16.8. The van der Waals surface area contributed by atoms with Crippen LogP contribution in [-0.2, 0) is 0 Å². The van der Waals surface area contributed by atoms with Crippen LogP contribution < -0.4 is 14.8 Å². The molecule has 1 fully saturated rings. The van der Waals surface area contributed by atoms with Crippen LogP contribution in [-0.4, -0.2) is 33.1 Å². The van der Waals surface area contributed by atoms with E-state index in [0.29, 0.717) is 17.4 Å². The molecule has 0 amide bonds. The molecule has 1 aliphatic carbocycles. The molecular weight excluding hydrogens is 302 g/mol. The van der Waals surface area contributed by atoms with E-state index in [0.717, 1.165) is 49.1 Å². The Kier molecular flexibility index (Phi) is 5.48. The zero-order valence-electron chi connectivity index (χ0n) is 13.0. The average Bonchev–Trinajstić information content (AvgIpc) is 2.82. The fourth-order valence-corrected chi connectivity index (χ4v) is 3.19. The summed E-state index contributed by atoms with van der Waals surface area (Å²) in [4.78, 5) is 12.6. The van der Waals surface area contributed by atoms with Crippen molar-refractivity contribution in [1.82, 2.24) is 5.32 Å². The molecule has 1 aromatic rings. The number of ether oxygens (including phenoxy) is 2. The minimum atomic E-state index is 0. The van der Waals surface area contributed by atoms with Crippen LogP contribution >= 0.6 is 12.4 Å². The molecule has 3 rings (SSSR count). The van der Waals surface area contributed by atoms with Gasteiger partial charge in [-0.3, -0.25) is 4.79 Å². The van der Waals surface area contributed by atoms with Crippen molar-refractivity contribution < 1.29 is 14.3 Å². The normalized spacial score (nSPS) is 17.5. The minimum Gasteiger partial charge on any atom is -0.493 e. The molecule has 0 saturated carbocycles. The Labute approximate surface area is 137 Å². The molecule has 0 bridgehead atoms. The van der Waals surface area contributed by atoms with Gasteiger partial charge in [0.1, 0.15) is 0 Å². The Balaban J connectivity index is 0.00000176. The molecule has 120 valence electrons. The molecule has 0 radical (unpaired) electrons.